The number of fused-ring (bicyclic) bond motifs is 3. The predicted octanol–water partition coefficient (Wildman–Crippen LogP) is 4.48. The smallest absolute Gasteiger partial charge is 0.263 e. The second-order valence-electron chi connectivity index (χ2n) is 9.05. The minimum atomic E-state index is -1.62. The van der Waals surface area contributed by atoms with Crippen molar-refractivity contribution in [3.63, 3.8) is 0 Å². The fraction of sp³-hybridized carbons (Fsp3) is 0.346. The Morgan fingerprint density at radius 1 is 1.03 bits per heavy atom. The van der Waals surface area contributed by atoms with Gasteiger partial charge in [-0.1, -0.05) is 48.5 Å². The molecule has 3 aliphatic heterocycles. The minimum absolute atomic E-state index is 0.0987. The molecule has 32 heavy (non-hydrogen) atoms. The molecule has 3 saturated heterocycles. The van der Waals surface area contributed by atoms with E-state index in [9.17, 15) is 9.90 Å². The summed E-state index contributed by atoms with van der Waals surface area (Å²) < 4.78 is 1.02. The van der Waals surface area contributed by atoms with Crippen LogP contribution in [0.15, 0.2) is 71.4 Å². The molecule has 0 unspecified atom stereocenters. The summed E-state index contributed by atoms with van der Waals surface area (Å²) in [5.41, 5.74) is -0.397. The van der Waals surface area contributed by atoms with E-state index in [1.165, 1.54) is 28.2 Å². The first kappa shape index (κ1) is 21.6. The van der Waals surface area contributed by atoms with Crippen LogP contribution in [-0.2, 0) is 10.4 Å². The van der Waals surface area contributed by atoms with Crippen molar-refractivity contribution in [3.05, 3.63) is 86.8 Å². The fourth-order valence-corrected chi connectivity index (χ4v) is 7.00. The van der Waals surface area contributed by atoms with Crippen molar-refractivity contribution in [2.24, 2.45) is 5.92 Å². The Labute approximate surface area is 197 Å². The zero-order chi connectivity index (χ0) is 22.0. The maximum Gasteiger partial charge on any atom is 0.263 e. The Hall–Kier alpha value is -2.25. The molecule has 0 saturated carbocycles. The number of hydrogen-bond donors (Lipinski definition) is 2. The number of rotatable bonds is 7. The number of nitrogens with one attached hydrogen (secondary N) is 1. The summed E-state index contributed by atoms with van der Waals surface area (Å²) in [4.78, 5) is 14.9. The van der Waals surface area contributed by atoms with Gasteiger partial charge >= 0.3 is 0 Å². The highest BCUT2D eigenvalue weighted by molar-refractivity contribution is 7.12. The van der Waals surface area contributed by atoms with Crippen molar-refractivity contribution < 1.29 is 14.4 Å². The standard InChI is InChI=1S/C26H28N2O2S2/c29-25(26(30,23-10-5-17-31-23)24-11-6-18-32-24)27-22-19-28(15-12-21(22)13-16-28)14-4-9-20-7-2-1-3-8-20/h1-11,17-18,21-22,30H,12-16,19H2/p+1/b9-4+/t21?,22-,28?/m0/s1. The number of quaternary nitrogens is 1. The summed E-state index contributed by atoms with van der Waals surface area (Å²) in [5, 5.41) is 18.7. The topological polar surface area (TPSA) is 49.3 Å². The van der Waals surface area contributed by atoms with E-state index in [0.717, 1.165) is 43.5 Å². The van der Waals surface area contributed by atoms with Gasteiger partial charge < -0.3 is 14.9 Å². The molecule has 1 amide bonds. The molecule has 3 fully saturated rings. The van der Waals surface area contributed by atoms with Crippen LogP contribution in [0.25, 0.3) is 6.08 Å². The normalized spacial score (nSPS) is 25.3. The summed E-state index contributed by atoms with van der Waals surface area (Å²) in [6.07, 6.45) is 6.74. The Morgan fingerprint density at radius 3 is 2.28 bits per heavy atom. The summed E-state index contributed by atoms with van der Waals surface area (Å²) in [7, 11) is 0. The molecular formula is C26H29N2O2S2+. The number of thiophene rings is 2. The SMILES string of the molecule is O=C(N[C@H]1C[N+]2(C/C=C/c3ccccc3)CCC1CC2)C(O)(c1cccs1)c1cccs1. The van der Waals surface area contributed by atoms with Gasteiger partial charge in [0.2, 0.25) is 5.60 Å². The van der Waals surface area contributed by atoms with Crippen molar-refractivity contribution in [2.45, 2.75) is 24.5 Å². The van der Waals surface area contributed by atoms with Crippen LogP contribution in [0.3, 0.4) is 0 Å². The number of benzene rings is 1. The molecule has 0 aliphatic carbocycles. The third-order valence-corrected chi connectivity index (χ3v) is 9.06. The highest BCUT2D eigenvalue weighted by Crippen LogP contribution is 2.38. The highest BCUT2D eigenvalue weighted by atomic mass is 32.1. The summed E-state index contributed by atoms with van der Waals surface area (Å²) in [6, 6.07) is 18.0. The lowest BCUT2D eigenvalue weighted by atomic mass is 9.81. The monoisotopic (exact) mass is 465 g/mol. The molecule has 6 heteroatoms. The molecule has 6 rings (SSSR count). The Kier molecular flexibility index (Phi) is 6.03. The zero-order valence-electron chi connectivity index (χ0n) is 18.0. The van der Waals surface area contributed by atoms with Gasteiger partial charge in [0.1, 0.15) is 0 Å². The molecule has 2 bridgehead atoms. The maximum atomic E-state index is 13.5. The maximum absolute atomic E-state index is 13.5. The first-order chi connectivity index (χ1) is 15.6. The number of aliphatic hydroxyl groups is 1. The lowest BCUT2D eigenvalue weighted by Gasteiger charge is -2.52. The van der Waals surface area contributed by atoms with E-state index in [1.807, 2.05) is 41.1 Å². The van der Waals surface area contributed by atoms with Crippen LogP contribution in [0, 0.1) is 5.92 Å². The Balaban J connectivity index is 1.32. The molecule has 2 N–H and O–H groups in total. The largest absolute Gasteiger partial charge is 0.371 e. The van der Waals surface area contributed by atoms with Crippen molar-refractivity contribution in [2.75, 3.05) is 26.2 Å². The molecule has 5 heterocycles. The molecule has 3 aromatic rings. The van der Waals surface area contributed by atoms with Gasteiger partial charge in [0.25, 0.3) is 5.91 Å². The van der Waals surface area contributed by atoms with E-state index in [-0.39, 0.29) is 11.9 Å². The third-order valence-electron chi connectivity index (χ3n) is 7.10. The van der Waals surface area contributed by atoms with E-state index in [2.05, 4.69) is 41.7 Å². The Morgan fingerprint density at radius 2 is 1.69 bits per heavy atom. The van der Waals surface area contributed by atoms with E-state index in [4.69, 9.17) is 0 Å². The van der Waals surface area contributed by atoms with Crippen LogP contribution in [0.5, 0.6) is 0 Å². The molecule has 1 aromatic carbocycles. The summed E-state index contributed by atoms with van der Waals surface area (Å²) in [5.74, 6) is 0.201. The van der Waals surface area contributed by atoms with Gasteiger partial charge in [0.15, 0.2) is 0 Å². The quantitative estimate of drug-likeness (QED) is 0.506. The Bertz CT molecular complexity index is 1020. The van der Waals surface area contributed by atoms with E-state index < -0.39 is 5.60 Å². The van der Waals surface area contributed by atoms with Gasteiger partial charge in [0.05, 0.1) is 42.0 Å². The van der Waals surface area contributed by atoms with Gasteiger partial charge in [-0.3, -0.25) is 4.79 Å². The van der Waals surface area contributed by atoms with Crippen LogP contribution in [-0.4, -0.2) is 47.7 Å². The number of piperidine rings is 3. The average Bonchev–Trinajstić information content (AvgIpc) is 3.55. The molecule has 0 spiro atoms. The van der Waals surface area contributed by atoms with Crippen LogP contribution in [0.1, 0.15) is 28.2 Å². The number of carbonyl (C=O) groups is 1. The molecule has 0 radical (unpaired) electrons. The van der Waals surface area contributed by atoms with Gasteiger partial charge in [-0.25, -0.2) is 0 Å². The lowest BCUT2D eigenvalue weighted by Crippen LogP contribution is -2.68. The predicted molar refractivity (Wildman–Crippen MR) is 131 cm³/mol. The number of nitrogens with zero attached hydrogens (tertiary/aromatic N) is 1. The molecular weight excluding hydrogens is 436 g/mol. The summed E-state index contributed by atoms with van der Waals surface area (Å²) in [6.45, 7) is 4.24. The van der Waals surface area contributed by atoms with E-state index in [0.29, 0.717) is 15.7 Å². The average molecular weight is 466 g/mol. The van der Waals surface area contributed by atoms with Crippen LogP contribution >= 0.6 is 22.7 Å². The van der Waals surface area contributed by atoms with Crippen LogP contribution < -0.4 is 5.32 Å². The molecule has 3 aliphatic rings. The van der Waals surface area contributed by atoms with Crippen LogP contribution in [0.2, 0.25) is 0 Å². The fourth-order valence-electron chi connectivity index (χ4n) is 5.27. The second-order valence-corrected chi connectivity index (χ2v) is 10.9. The number of amides is 1. The molecule has 4 nitrogen and oxygen atoms in total. The summed E-state index contributed by atoms with van der Waals surface area (Å²) >= 11 is 2.85. The molecule has 2 aromatic heterocycles. The van der Waals surface area contributed by atoms with Crippen molar-refractivity contribution >= 4 is 34.7 Å². The third kappa shape index (κ3) is 4.08. The van der Waals surface area contributed by atoms with Crippen LogP contribution in [0.4, 0.5) is 0 Å². The van der Waals surface area contributed by atoms with Gasteiger partial charge in [-0.2, -0.15) is 0 Å². The lowest BCUT2D eigenvalue weighted by molar-refractivity contribution is -0.938. The number of carbonyl (C=O) groups excluding carboxylic acids is 1. The second kappa shape index (κ2) is 8.94. The van der Waals surface area contributed by atoms with Gasteiger partial charge in [-0.15, -0.1) is 22.7 Å². The van der Waals surface area contributed by atoms with Crippen molar-refractivity contribution in [3.8, 4) is 0 Å². The first-order valence-electron chi connectivity index (χ1n) is 11.3. The van der Waals surface area contributed by atoms with Crippen molar-refractivity contribution in [1.29, 1.82) is 0 Å². The highest BCUT2D eigenvalue weighted by Gasteiger charge is 2.49. The van der Waals surface area contributed by atoms with Crippen molar-refractivity contribution in [1.82, 2.24) is 5.32 Å². The van der Waals surface area contributed by atoms with E-state index >= 15 is 0 Å². The van der Waals surface area contributed by atoms with E-state index in [1.54, 1.807) is 0 Å². The molecule has 1 atom stereocenters. The zero-order valence-corrected chi connectivity index (χ0v) is 19.7. The van der Waals surface area contributed by atoms with Gasteiger partial charge in [0, 0.05) is 12.8 Å². The van der Waals surface area contributed by atoms with Gasteiger partial charge in [-0.05, 0) is 40.5 Å². The first-order valence-corrected chi connectivity index (χ1v) is 13.0. The molecule has 166 valence electrons. The number of hydrogen-bond acceptors (Lipinski definition) is 4. The minimum Gasteiger partial charge on any atom is -0.371 e.